The summed E-state index contributed by atoms with van der Waals surface area (Å²) in [6, 6.07) is 4.97. The van der Waals surface area contributed by atoms with Crippen molar-refractivity contribution in [2.45, 2.75) is 6.92 Å². The van der Waals surface area contributed by atoms with Crippen LogP contribution in [-0.2, 0) is 11.8 Å². The second-order valence-corrected chi connectivity index (χ2v) is 6.01. The number of nitrogens with zero attached hydrogens (tertiary/aromatic N) is 4. The lowest BCUT2D eigenvalue weighted by Crippen LogP contribution is -2.49. The number of halogens is 1. The molecule has 1 saturated heterocycles. The van der Waals surface area contributed by atoms with E-state index < -0.39 is 0 Å². The van der Waals surface area contributed by atoms with E-state index in [0.717, 1.165) is 5.39 Å². The van der Waals surface area contributed by atoms with E-state index in [1.165, 1.54) is 10.6 Å². The maximum absolute atomic E-state index is 11.8. The number of aryl methyl sites for hydroxylation is 1. The van der Waals surface area contributed by atoms with Crippen LogP contribution in [0, 0.1) is 0 Å². The summed E-state index contributed by atoms with van der Waals surface area (Å²) in [5.74, 6) is 0.706. The standard InChI is InChI=1S/C16H19ClN4O3/c1-3-24-16(23)21-8-6-20(7-9-21)13-10-12(17)11-4-5-14(22)19(2)15(11)18-13/h4-5,10H,3,6-9H2,1-2H3. The van der Waals surface area contributed by atoms with Crippen LogP contribution in [0.15, 0.2) is 23.0 Å². The van der Waals surface area contributed by atoms with Crippen molar-refractivity contribution in [1.82, 2.24) is 14.5 Å². The van der Waals surface area contributed by atoms with Crippen molar-refractivity contribution in [2.24, 2.45) is 7.05 Å². The molecule has 0 aromatic carbocycles. The Labute approximate surface area is 144 Å². The molecule has 0 bridgehead atoms. The predicted molar refractivity (Wildman–Crippen MR) is 92.8 cm³/mol. The lowest BCUT2D eigenvalue weighted by molar-refractivity contribution is 0.105. The zero-order chi connectivity index (χ0) is 17.3. The van der Waals surface area contributed by atoms with Crippen LogP contribution < -0.4 is 10.5 Å². The number of carbonyl (C=O) groups is 1. The van der Waals surface area contributed by atoms with Gasteiger partial charge in [-0.2, -0.15) is 0 Å². The smallest absolute Gasteiger partial charge is 0.409 e. The van der Waals surface area contributed by atoms with Crippen molar-refractivity contribution in [1.29, 1.82) is 0 Å². The van der Waals surface area contributed by atoms with Crippen molar-refractivity contribution in [3.05, 3.63) is 33.6 Å². The number of rotatable bonds is 2. The minimum Gasteiger partial charge on any atom is -0.450 e. The second kappa shape index (κ2) is 6.68. The Balaban J connectivity index is 1.85. The zero-order valence-electron chi connectivity index (χ0n) is 13.7. The maximum Gasteiger partial charge on any atom is 0.409 e. The topological polar surface area (TPSA) is 67.7 Å². The van der Waals surface area contributed by atoms with Gasteiger partial charge in [-0.1, -0.05) is 11.6 Å². The molecule has 128 valence electrons. The molecule has 24 heavy (non-hydrogen) atoms. The summed E-state index contributed by atoms with van der Waals surface area (Å²) in [4.78, 5) is 31.9. The third-order valence-electron chi connectivity index (χ3n) is 4.15. The highest BCUT2D eigenvalue weighted by molar-refractivity contribution is 6.35. The van der Waals surface area contributed by atoms with E-state index in [1.54, 1.807) is 31.0 Å². The number of anilines is 1. The summed E-state index contributed by atoms with van der Waals surface area (Å²) in [6.45, 7) is 4.55. The van der Waals surface area contributed by atoms with Gasteiger partial charge in [0.05, 0.1) is 11.6 Å². The van der Waals surface area contributed by atoms with Crippen LogP contribution in [0.3, 0.4) is 0 Å². The molecule has 2 aromatic heterocycles. The zero-order valence-corrected chi connectivity index (χ0v) is 14.4. The molecule has 1 amide bonds. The third-order valence-corrected chi connectivity index (χ3v) is 4.46. The van der Waals surface area contributed by atoms with Gasteiger partial charge in [0.15, 0.2) is 0 Å². The van der Waals surface area contributed by atoms with Gasteiger partial charge in [-0.15, -0.1) is 0 Å². The van der Waals surface area contributed by atoms with Gasteiger partial charge in [0.2, 0.25) is 0 Å². The number of hydrogen-bond acceptors (Lipinski definition) is 5. The first-order valence-corrected chi connectivity index (χ1v) is 8.22. The molecule has 1 fully saturated rings. The monoisotopic (exact) mass is 350 g/mol. The number of hydrogen-bond donors (Lipinski definition) is 0. The molecule has 3 heterocycles. The summed E-state index contributed by atoms with van der Waals surface area (Å²) in [6.07, 6.45) is -0.288. The average Bonchev–Trinajstić information content (AvgIpc) is 2.58. The predicted octanol–water partition coefficient (Wildman–Crippen LogP) is 1.87. The van der Waals surface area contributed by atoms with Crippen LogP contribution in [0.25, 0.3) is 11.0 Å². The van der Waals surface area contributed by atoms with Crippen molar-refractivity contribution >= 4 is 34.5 Å². The molecule has 2 aromatic rings. The van der Waals surface area contributed by atoms with Crippen LogP contribution in [0.5, 0.6) is 0 Å². The van der Waals surface area contributed by atoms with Gasteiger partial charge in [0, 0.05) is 50.7 Å². The molecule has 8 heteroatoms. The third kappa shape index (κ3) is 3.03. The van der Waals surface area contributed by atoms with E-state index in [1.807, 2.05) is 0 Å². The molecule has 0 N–H and O–H groups in total. The molecule has 0 aliphatic carbocycles. The van der Waals surface area contributed by atoms with Crippen molar-refractivity contribution in [3.63, 3.8) is 0 Å². The summed E-state index contributed by atoms with van der Waals surface area (Å²) < 4.78 is 6.51. The van der Waals surface area contributed by atoms with Crippen molar-refractivity contribution in [3.8, 4) is 0 Å². The molecule has 0 atom stereocenters. The van der Waals surface area contributed by atoms with Gasteiger partial charge in [0.25, 0.3) is 5.56 Å². The molecule has 1 aliphatic rings. The van der Waals surface area contributed by atoms with Crippen molar-refractivity contribution < 1.29 is 9.53 Å². The molecule has 1 aliphatic heterocycles. The van der Waals surface area contributed by atoms with Crippen LogP contribution >= 0.6 is 11.6 Å². The number of carbonyl (C=O) groups excluding carboxylic acids is 1. The molecule has 0 saturated carbocycles. The molecule has 3 rings (SSSR count). The lowest BCUT2D eigenvalue weighted by Gasteiger charge is -2.34. The Hall–Kier alpha value is -2.28. The van der Waals surface area contributed by atoms with Gasteiger partial charge in [-0.25, -0.2) is 9.78 Å². The number of aromatic nitrogens is 2. The minimum absolute atomic E-state index is 0.129. The van der Waals surface area contributed by atoms with Gasteiger partial charge < -0.3 is 14.5 Å². The highest BCUT2D eigenvalue weighted by Crippen LogP contribution is 2.26. The molecular formula is C16H19ClN4O3. The van der Waals surface area contributed by atoms with E-state index >= 15 is 0 Å². The molecule has 0 radical (unpaired) electrons. The lowest BCUT2D eigenvalue weighted by atomic mass is 10.2. The molecule has 0 unspecified atom stereocenters. The van der Waals surface area contributed by atoms with Crippen LogP contribution in [-0.4, -0.2) is 53.3 Å². The Morgan fingerprint density at radius 2 is 2.00 bits per heavy atom. The fourth-order valence-electron chi connectivity index (χ4n) is 2.77. The van der Waals surface area contributed by atoms with Gasteiger partial charge >= 0.3 is 6.09 Å². The van der Waals surface area contributed by atoms with E-state index in [-0.39, 0.29) is 11.7 Å². The number of fused-ring (bicyclic) bond motifs is 1. The highest BCUT2D eigenvalue weighted by atomic mass is 35.5. The summed E-state index contributed by atoms with van der Waals surface area (Å²) >= 11 is 6.36. The Bertz CT molecular complexity index is 828. The first-order chi connectivity index (χ1) is 11.5. The molecular weight excluding hydrogens is 332 g/mol. The summed E-state index contributed by atoms with van der Waals surface area (Å²) in [7, 11) is 1.68. The van der Waals surface area contributed by atoms with Crippen LogP contribution in [0.2, 0.25) is 5.02 Å². The van der Waals surface area contributed by atoms with Crippen LogP contribution in [0.4, 0.5) is 10.6 Å². The quantitative estimate of drug-likeness (QED) is 0.827. The van der Waals surface area contributed by atoms with Gasteiger partial charge in [0.1, 0.15) is 11.5 Å². The van der Waals surface area contributed by atoms with E-state index in [4.69, 9.17) is 16.3 Å². The number of amides is 1. The summed E-state index contributed by atoms with van der Waals surface area (Å²) in [5, 5.41) is 1.30. The molecule has 0 spiro atoms. The largest absolute Gasteiger partial charge is 0.450 e. The first-order valence-electron chi connectivity index (χ1n) is 7.84. The normalized spacial score (nSPS) is 15.0. The fraction of sp³-hybridized carbons (Fsp3) is 0.438. The van der Waals surface area contributed by atoms with Gasteiger partial charge in [-0.3, -0.25) is 9.36 Å². The first kappa shape index (κ1) is 16.6. The Morgan fingerprint density at radius 1 is 1.29 bits per heavy atom. The van der Waals surface area contributed by atoms with E-state index in [2.05, 4.69) is 9.88 Å². The SMILES string of the molecule is CCOC(=O)N1CCN(c2cc(Cl)c3ccc(=O)n(C)c3n2)CC1. The van der Waals surface area contributed by atoms with E-state index in [0.29, 0.717) is 49.3 Å². The minimum atomic E-state index is -0.288. The van der Waals surface area contributed by atoms with Gasteiger partial charge in [-0.05, 0) is 13.0 Å². The number of piperazine rings is 1. The molecule has 7 nitrogen and oxygen atoms in total. The Kier molecular flexibility index (Phi) is 4.62. The van der Waals surface area contributed by atoms with E-state index in [9.17, 15) is 9.59 Å². The highest BCUT2D eigenvalue weighted by Gasteiger charge is 2.23. The van der Waals surface area contributed by atoms with Crippen LogP contribution in [0.1, 0.15) is 6.92 Å². The van der Waals surface area contributed by atoms with Crippen molar-refractivity contribution in [2.75, 3.05) is 37.7 Å². The number of pyridine rings is 2. The summed E-state index contributed by atoms with van der Waals surface area (Å²) in [5.41, 5.74) is 0.424. The maximum atomic E-state index is 11.8. The average molecular weight is 351 g/mol. The Morgan fingerprint density at radius 3 is 2.67 bits per heavy atom. The fourth-order valence-corrected chi connectivity index (χ4v) is 3.02. The number of ether oxygens (including phenoxy) is 1. The second-order valence-electron chi connectivity index (χ2n) is 5.60.